The van der Waals surface area contributed by atoms with Crippen LogP contribution in [0.2, 0.25) is 0 Å². The Kier molecular flexibility index (Phi) is 5.20. The van der Waals surface area contributed by atoms with E-state index in [1.807, 2.05) is 78.9 Å². The van der Waals surface area contributed by atoms with Crippen molar-refractivity contribution in [2.75, 3.05) is 7.11 Å². The second kappa shape index (κ2) is 7.92. The van der Waals surface area contributed by atoms with E-state index in [-0.39, 0.29) is 0 Å². The zero-order chi connectivity index (χ0) is 16.6. The zero-order valence-corrected chi connectivity index (χ0v) is 13.4. The van der Waals surface area contributed by atoms with Crippen LogP contribution in [0.1, 0.15) is 5.56 Å². The van der Waals surface area contributed by atoms with E-state index in [1.54, 1.807) is 7.11 Å². The normalized spacial score (nSPS) is 10.7. The molecular formula is C20H18N2O2. The van der Waals surface area contributed by atoms with E-state index < -0.39 is 0 Å². The number of ether oxygens (including phenoxy) is 2. The monoisotopic (exact) mass is 318 g/mol. The molecule has 0 aliphatic carbocycles. The van der Waals surface area contributed by atoms with Crippen molar-refractivity contribution in [3.8, 4) is 11.5 Å². The van der Waals surface area contributed by atoms with Gasteiger partial charge in [0.15, 0.2) is 0 Å². The molecule has 3 aromatic carbocycles. The van der Waals surface area contributed by atoms with Gasteiger partial charge in [0, 0.05) is 0 Å². The van der Waals surface area contributed by atoms with Gasteiger partial charge >= 0.3 is 0 Å². The molecule has 0 N–H and O–H groups in total. The summed E-state index contributed by atoms with van der Waals surface area (Å²) in [4.78, 5) is 0. The molecule has 0 aliphatic heterocycles. The van der Waals surface area contributed by atoms with E-state index >= 15 is 0 Å². The SMILES string of the molecule is COc1ccc(N=Nc2ccc(OCc3ccccc3)cc2)cc1. The third kappa shape index (κ3) is 4.43. The number of nitrogens with zero attached hydrogens (tertiary/aromatic N) is 2. The van der Waals surface area contributed by atoms with Crippen LogP contribution in [0.3, 0.4) is 0 Å². The molecule has 0 saturated carbocycles. The molecule has 120 valence electrons. The highest BCUT2D eigenvalue weighted by Gasteiger charge is 1.97. The largest absolute Gasteiger partial charge is 0.497 e. The summed E-state index contributed by atoms with van der Waals surface area (Å²) in [5.74, 6) is 1.61. The maximum atomic E-state index is 5.75. The van der Waals surface area contributed by atoms with Crippen LogP contribution in [0.15, 0.2) is 89.1 Å². The van der Waals surface area contributed by atoms with Crippen LogP contribution < -0.4 is 9.47 Å². The number of benzene rings is 3. The lowest BCUT2D eigenvalue weighted by Crippen LogP contribution is -1.94. The van der Waals surface area contributed by atoms with Gasteiger partial charge < -0.3 is 9.47 Å². The molecular weight excluding hydrogens is 300 g/mol. The molecule has 0 amide bonds. The van der Waals surface area contributed by atoms with Crippen molar-refractivity contribution in [3.63, 3.8) is 0 Å². The summed E-state index contributed by atoms with van der Waals surface area (Å²) in [6, 6.07) is 25.1. The van der Waals surface area contributed by atoms with Crippen molar-refractivity contribution in [2.45, 2.75) is 6.61 Å². The quantitative estimate of drug-likeness (QED) is 0.548. The maximum absolute atomic E-state index is 5.75. The highest BCUT2D eigenvalue weighted by molar-refractivity contribution is 5.44. The lowest BCUT2D eigenvalue weighted by Gasteiger charge is -2.06. The topological polar surface area (TPSA) is 43.2 Å². The first-order valence-corrected chi connectivity index (χ1v) is 7.66. The first-order valence-electron chi connectivity index (χ1n) is 7.66. The Morgan fingerprint density at radius 1 is 0.667 bits per heavy atom. The lowest BCUT2D eigenvalue weighted by atomic mass is 10.2. The predicted octanol–water partition coefficient (Wildman–Crippen LogP) is 5.69. The van der Waals surface area contributed by atoms with Crippen LogP contribution in [0.4, 0.5) is 11.4 Å². The average molecular weight is 318 g/mol. The summed E-state index contributed by atoms with van der Waals surface area (Å²) in [5, 5.41) is 8.42. The molecule has 4 heteroatoms. The minimum absolute atomic E-state index is 0.549. The molecule has 0 atom stereocenters. The third-order valence-corrected chi connectivity index (χ3v) is 3.44. The van der Waals surface area contributed by atoms with Crippen LogP contribution in [0, 0.1) is 0 Å². The van der Waals surface area contributed by atoms with Crippen molar-refractivity contribution in [1.82, 2.24) is 0 Å². The molecule has 0 unspecified atom stereocenters. The fraction of sp³-hybridized carbons (Fsp3) is 0.100. The molecule has 0 fully saturated rings. The zero-order valence-electron chi connectivity index (χ0n) is 13.4. The van der Waals surface area contributed by atoms with E-state index in [2.05, 4.69) is 10.2 Å². The van der Waals surface area contributed by atoms with Crippen LogP contribution >= 0.6 is 0 Å². The van der Waals surface area contributed by atoms with Crippen LogP contribution in [-0.2, 0) is 6.61 Å². The molecule has 0 aliphatic rings. The Balaban J connectivity index is 1.58. The van der Waals surface area contributed by atoms with Gasteiger partial charge in [-0.2, -0.15) is 10.2 Å². The summed E-state index contributed by atoms with van der Waals surface area (Å²) in [5.41, 5.74) is 2.69. The molecule has 3 rings (SSSR count). The number of hydrogen-bond acceptors (Lipinski definition) is 4. The van der Waals surface area contributed by atoms with Crippen molar-refractivity contribution in [3.05, 3.63) is 84.4 Å². The second-order valence-corrected chi connectivity index (χ2v) is 5.17. The van der Waals surface area contributed by atoms with Gasteiger partial charge in [-0.15, -0.1) is 0 Å². The predicted molar refractivity (Wildman–Crippen MR) is 94.4 cm³/mol. The average Bonchev–Trinajstić information content (AvgIpc) is 2.67. The summed E-state index contributed by atoms with van der Waals surface area (Å²) in [7, 11) is 1.64. The lowest BCUT2D eigenvalue weighted by molar-refractivity contribution is 0.306. The second-order valence-electron chi connectivity index (χ2n) is 5.17. The summed E-state index contributed by atoms with van der Waals surface area (Å²) in [6.07, 6.45) is 0. The summed E-state index contributed by atoms with van der Waals surface area (Å²) in [6.45, 7) is 0.549. The highest BCUT2D eigenvalue weighted by atomic mass is 16.5. The van der Waals surface area contributed by atoms with E-state index in [0.717, 1.165) is 28.4 Å². The minimum Gasteiger partial charge on any atom is -0.497 e. The van der Waals surface area contributed by atoms with Crippen molar-refractivity contribution in [2.24, 2.45) is 10.2 Å². The summed E-state index contributed by atoms with van der Waals surface area (Å²) >= 11 is 0. The summed E-state index contributed by atoms with van der Waals surface area (Å²) < 4.78 is 10.9. The molecule has 0 spiro atoms. The number of azo groups is 1. The van der Waals surface area contributed by atoms with Gasteiger partial charge in [0.2, 0.25) is 0 Å². The van der Waals surface area contributed by atoms with E-state index in [1.165, 1.54) is 0 Å². The molecule has 24 heavy (non-hydrogen) atoms. The van der Waals surface area contributed by atoms with Crippen LogP contribution in [-0.4, -0.2) is 7.11 Å². The number of hydrogen-bond donors (Lipinski definition) is 0. The van der Waals surface area contributed by atoms with E-state index in [9.17, 15) is 0 Å². The molecule has 0 aromatic heterocycles. The number of methoxy groups -OCH3 is 1. The Morgan fingerprint density at radius 2 is 1.21 bits per heavy atom. The Hall–Kier alpha value is -3.14. The Labute approximate surface area is 141 Å². The van der Waals surface area contributed by atoms with E-state index in [4.69, 9.17) is 9.47 Å². The smallest absolute Gasteiger partial charge is 0.119 e. The first-order chi connectivity index (χ1) is 11.8. The molecule has 4 nitrogen and oxygen atoms in total. The molecule has 0 bridgehead atoms. The molecule has 0 radical (unpaired) electrons. The van der Waals surface area contributed by atoms with Gasteiger partial charge in [-0.3, -0.25) is 0 Å². The van der Waals surface area contributed by atoms with Crippen LogP contribution in [0.25, 0.3) is 0 Å². The highest BCUT2D eigenvalue weighted by Crippen LogP contribution is 2.23. The molecule has 0 heterocycles. The van der Waals surface area contributed by atoms with Gasteiger partial charge in [0.1, 0.15) is 18.1 Å². The Bertz CT molecular complexity index is 782. The maximum Gasteiger partial charge on any atom is 0.119 e. The van der Waals surface area contributed by atoms with Gasteiger partial charge in [-0.1, -0.05) is 30.3 Å². The standard InChI is InChI=1S/C20H18N2O2/c1-23-19-11-7-17(8-12-19)21-22-18-9-13-20(14-10-18)24-15-16-5-3-2-4-6-16/h2-14H,15H2,1H3. The first kappa shape index (κ1) is 15.7. The van der Waals surface area contributed by atoms with Crippen molar-refractivity contribution < 1.29 is 9.47 Å². The third-order valence-electron chi connectivity index (χ3n) is 3.44. The van der Waals surface area contributed by atoms with Crippen molar-refractivity contribution >= 4 is 11.4 Å². The fourth-order valence-corrected chi connectivity index (χ4v) is 2.11. The molecule has 3 aromatic rings. The van der Waals surface area contributed by atoms with Gasteiger partial charge in [0.25, 0.3) is 0 Å². The Morgan fingerprint density at radius 3 is 1.75 bits per heavy atom. The van der Waals surface area contributed by atoms with Gasteiger partial charge in [-0.25, -0.2) is 0 Å². The minimum atomic E-state index is 0.549. The fourth-order valence-electron chi connectivity index (χ4n) is 2.11. The van der Waals surface area contributed by atoms with Gasteiger partial charge in [-0.05, 0) is 54.1 Å². The van der Waals surface area contributed by atoms with Crippen LogP contribution in [0.5, 0.6) is 11.5 Å². The number of rotatable bonds is 6. The molecule has 0 saturated heterocycles. The van der Waals surface area contributed by atoms with E-state index in [0.29, 0.717) is 6.61 Å². The van der Waals surface area contributed by atoms with Crippen molar-refractivity contribution in [1.29, 1.82) is 0 Å². The van der Waals surface area contributed by atoms with Gasteiger partial charge in [0.05, 0.1) is 18.5 Å².